The summed E-state index contributed by atoms with van der Waals surface area (Å²) in [6.45, 7) is 5.15. The molecular formula is C20H24BrN3. The van der Waals surface area contributed by atoms with Crippen molar-refractivity contribution in [1.82, 2.24) is 9.90 Å². The van der Waals surface area contributed by atoms with Crippen molar-refractivity contribution in [2.75, 3.05) is 0 Å². The van der Waals surface area contributed by atoms with E-state index in [2.05, 4.69) is 79.3 Å². The molecule has 3 aromatic rings. The topological polar surface area (TPSA) is 21.7 Å². The number of nitrogens with zero attached hydrogens (tertiary/aromatic N) is 3. The maximum absolute atomic E-state index is 4.79. The molecule has 0 spiro atoms. The Labute approximate surface area is 154 Å². The van der Waals surface area contributed by atoms with Gasteiger partial charge in [0.1, 0.15) is 6.54 Å². The molecule has 3 nitrogen and oxygen atoms in total. The fourth-order valence-corrected chi connectivity index (χ4v) is 2.67. The molecule has 0 radical (unpaired) electrons. The molecule has 0 aliphatic carbocycles. The fourth-order valence-electron chi connectivity index (χ4n) is 2.67. The number of benzene rings is 2. The van der Waals surface area contributed by atoms with Crippen LogP contribution in [0.4, 0.5) is 0 Å². The molecule has 0 unspecified atom stereocenters. The second kappa shape index (κ2) is 8.78. The molecule has 0 aliphatic rings. The van der Waals surface area contributed by atoms with Crippen LogP contribution in [-0.2, 0) is 13.0 Å². The average molecular weight is 386 g/mol. The van der Waals surface area contributed by atoms with E-state index in [1.807, 2.05) is 4.68 Å². The van der Waals surface area contributed by atoms with E-state index in [0.717, 1.165) is 18.7 Å². The maximum atomic E-state index is 4.79. The highest BCUT2D eigenvalue weighted by Crippen LogP contribution is 2.09. The first kappa shape index (κ1) is 18.4. The van der Waals surface area contributed by atoms with Crippen molar-refractivity contribution < 1.29 is 21.7 Å². The lowest BCUT2D eigenvalue weighted by atomic mass is 10.2. The molecule has 0 amide bonds. The zero-order chi connectivity index (χ0) is 16.1. The summed E-state index contributed by atoms with van der Waals surface area (Å²) in [5, 5.41) is 4.79. The predicted octanol–water partition coefficient (Wildman–Crippen LogP) is 0.863. The van der Waals surface area contributed by atoms with Crippen molar-refractivity contribution in [1.29, 1.82) is 0 Å². The van der Waals surface area contributed by atoms with Crippen molar-refractivity contribution in [3.63, 3.8) is 0 Å². The lowest BCUT2D eigenvalue weighted by molar-refractivity contribution is -0.661. The first-order valence-electron chi connectivity index (χ1n) is 8.36. The van der Waals surface area contributed by atoms with Gasteiger partial charge in [0.05, 0.1) is 5.21 Å². The van der Waals surface area contributed by atoms with Crippen molar-refractivity contribution in [3.05, 3.63) is 77.6 Å². The third kappa shape index (κ3) is 4.54. The number of hydrogen-bond acceptors (Lipinski definition) is 1. The maximum Gasteiger partial charge on any atom is 0.168 e. The minimum atomic E-state index is 0. The summed E-state index contributed by atoms with van der Waals surface area (Å²) in [5.74, 6) is 0. The molecule has 2 aromatic carbocycles. The summed E-state index contributed by atoms with van der Waals surface area (Å²) in [4.78, 5) is 0. The normalized spacial score (nSPS) is 10.4. The molecule has 0 bridgehead atoms. The molecule has 3 rings (SSSR count). The average Bonchev–Trinajstić information content (AvgIpc) is 2.97. The van der Waals surface area contributed by atoms with Gasteiger partial charge < -0.3 is 17.0 Å². The summed E-state index contributed by atoms with van der Waals surface area (Å²) in [6, 6.07) is 19.0. The first-order valence-corrected chi connectivity index (χ1v) is 8.36. The van der Waals surface area contributed by atoms with Gasteiger partial charge in [0, 0.05) is 6.42 Å². The minimum absolute atomic E-state index is 0. The van der Waals surface area contributed by atoms with Crippen LogP contribution in [0.15, 0.2) is 60.8 Å². The van der Waals surface area contributed by atoms with Gasteiger partial charge in [0.2, 0.25) is 0 Å². The highest BCUT2D eigenvalue weighted by atomic mass is 79.9. The minimum Gasteiger partial charge on any atom is -1.00 e. The van der Waals surface area contributed by atoms with E-state index in [0.29, 0.717) is 0 Å². The van der Waals surface area contributed by atoms with Crippen LogP contribution in [-0.4, -0.2) is 9.90 Å². The number of aryl methyl sites for hydroxylation is 2. The summed E-state index contributed by atoms with van der Waals surface area (Å²) < 4.78 is 4.12. The molecule has 24 heavy (non-hydrogen) atoms. The van der Waals surface area contributed by atoms with Crippen molar-refractivity contribution in [2.45, 2.75) is 39.7 Å². The second-order valence-corrected chi connectivity index (χ2v) is 6.04. The molecule has 0 N–H and O–H groups in total. The highest BCUT2D eigenvalue weighted by molar-refractivity contribution is 5.26. The Morgan fingerprint density at radius 3 is 2.38 bits per heavy atom. The summed E-state index contributed by atoms with van der Waals surface area (Å²) in [6.07, 6.45) is 5.62. The Balaban J connectivity index is 0.00000208. The van der Waals surface area contributed by atoms with E-state index in [9.17, 15) is 0 Å². The van der Waals surface area contributed by atoms with Crippen LogP contribution in [0.5, 0.6) is 0 Å². The van der Waals surface area contributed by atoms with E-state index in [-0.39, 0.29) is 17.0 Å². The number of hydrogen-bond donors (Lipinski definition) is 0. The predicted molar refractivity (Wildman–Crippen MR) is 92.7 cm³/mol. The second-order valence-electron chi connectivity index (χ2n) is 6.04. The molecule has 4 heteroatoms. The smallest absolute Gasteiger partial charge is 0.168 e. The Hall–Kier alpha value is -1.94. The largest absolute Gasteiger partial charge is 1.00 e. The number of aromatic nitrogens is 3. The first-order chi connectivity index (χ1) is 11.3. The molecule has 0 saturated heterocycles. The van der Waals surface area contributed by atoms with Crippen LogP contribution in [0.25, 0.3) is 5.69 Å². The van der Waals surface area contributed by atoms with E-state index in [1.54, 1.807) is 0 Å². The van der Waals surface area contributed by atoms with Gasteiger partial charge in [-0.15, -0.1) is 9.36 Å². The van der Waals surface area contributed by atoms with Gasteiger partial charge >= 0.3 is 0 Å². The molecule has 0 saturated carbocycles. The summed E-state index contributed by atoms with van der Waals surface area (Å²) in [5.41, 5.74) is 4.95. The Morgan fingerprint density at radius 2 is 1.71 bits per heavy atom. The fraction of sp³-hybridized carbons (Fsp3) is 0.300. The van der Waals surface area contributed by atoms with Crippen LogP contribution >= 0.6 is 0 Å². The molecule has 0 fully saturated rings. The molecule has 1 heterocycles. The van der Waals surface area contributed by atoms with Gasteiger partial charge in [0.25, 0.3) is 0 Å². The van der Waals surface area contributed by atoms with Crippen LogP contribution < -0.4 is 21.7 Å². The van der Waals surface area contributed by atoms with Crippen molar-refractivity contribution in [3.8, 4) is 5.69 Å². The zero-order valence-corrected chi connectivity index (χ0v) is 15.9. The van der Waals surface area contributed by atoms with E-state index >= 15 is 0 Å². The SMILES string of the molecule is CCCCc1c[n+](-c2ccc(C)cc2)nn1Cc1ccccc1.[Br-]. The lowest BCUT2D eigenvalue weighted by Crippen LogP contribution is -3.00. The highest BCUT2D eigenvalue weighted by Gasteiger charge is 2.17. The lowest BCUT2D eigenvalue weighted by Gasteiger charge is -1.99. The quantitative estimate of drug-likeness (QED) is 0.576. The van der Waals surface area contributed by atoms with Gasteiger partial charge in [-0.05, 0) is 31.0 Å². The molecule has 0 aliphatic heterocycles. The number of unbranched alkanes of at least 4 members (excludes halogenated alkanes) is 1. The van der Waals surface area contributed by atoms with Crippen molar-refractivity contribution >= 4 is 0 Å². The number of rotatable bonds is 6. The summed E-state index contributed by atoms with van der Waals surface area (Å²) in [7, 11) is 0. The third-order valence-corrected chi connectivity index (χ3v) is 4.07. The molecule has 1 aromatic heterocycles. The third-order valence-electron chi connectivity index (χ3n) is 4.07. The van der Waals surface area contributed by atoms with Gasteiger partial charge in [-0.1, -0.05) is 61.4 Å². The van der Waals surface area contributed by atoms with Crippen LogP contribution in [0, 0.1) is 6.92 Å². The molecular weight excluding hydrogens is 362 g/mol. The molecule has 0 atom stereocenters. The van der Waals surface area contributed by atoms with E-state index < -0.39 is 0 Å². The Morgan fingerprint density at radius 1 is 1.00 bits per heavy atom. The zero-order valence-electron chi connectivity index (χ0n) is 14.3. The van der Waals surface area contributed by atoms with Crippen LogP contribution in [0.3, 0.4) is 0 Å². The van der Waals surface area contributed by atoms with Gasteiger partial charge in [0.15, 0.2) is 17.6 Å². The van der Waals surface area contributed by atoms with Crippen LogP contribution in [0.1, 0.15) is 36.6 Å². The molecule has 126 valence electrons. The monoisotopic (exact) mass is 385 g/mol. The van der Waals surface area contributed by atoms with Gasteiger partial charge in [-0.25, -0.2) is 0 Å². The Kier molecular flexibility index (Phi) is 6.73. The van der Waals surface area contributed by atoms with Crippen molar-refractivity contribution in [2.24, 2.45) is 0 Å². The number of halogens is 1. The van der Waals surface area contributed by atoms with Crippen LogP contribution in [0.2, 0.25) is 0 Å². The van der Waals surface area contributed by atoms with E-state index in [1.165, 1.54) is 29.7 Å². The Bertz CT molecular complexity index is 748. The van der Waals surface area contributed by atoms with E-state index in [4.69, 9.17) is 5.21 Å². The standard InChI is InChI=1S/C20H24N3.BrH/c1-3-4-10-20-16-23(19-13-11-17(2)12-14-19)21-22(20)15-18-8-6-5-7-9-18;/h5-9,11-14,16H,3-4,10,15H2,1-2H3;1H/q+1;/p-1. The van der Waals surface area contributed by atoms with Gasteiger partial charge in [-0.2, -0.15) is 0 Å². The van der Waals surface area contributed by atoms with Gasteiger partial charge in [-0.3, -0.25) is 0 Å². The summed E-state index contributed by atoms with van der Waals surface area (Å²) >= 11 is 0.